The number of nitrogens with one attached hydrogen (secondary N) is 2. The third-order valence-electron chi connectivity index (χ3n) is 2.45. The van der Waals surface area contributed by atoms with E-state index in [4.69, 9.17) is 11.6 Å². The highest BCUT2D eigenvalue weighted by molar-refractivity contribution is 6.32. The molecule has 6 nitrogen and oxygen atoms in total. The lowest BCUT2D eigenvalue weighted by molar-refractivity contribution is -0.120. The molecule has 7 heteroatoms. The molecule has 0 atom stereocenters. The fourth-order valence-corrected chi connectivity index (χ4v) is 1.59. The average molecular weight is 287 g/mol. The first-order chi connectivity index (χ1) is 8.91. The Balaban J connectivity index is 2.44. The summed E-state index contributed by atoms with van der Waals surface area (Å²) in [5.41, 5.74) is 0.0809. The molecule has 0 radical (unpaired) electrons. The summed E-state index contributed by atoms with van der Waals surface area (Å²) in [6.07, 6.45) is 1.79. The number of amides is 1. The van der Waals surface area contributed by atoms with Crippen molar-refractivity contribution >= 4 is 23.2 Å². The largest absolute Gasteiger partial charge is 0.382 e. The van der Waals surface area contributed by atoms with Gasteiger partial charge in [-0.2, -0.15) is 5.10 Å². The molecule has 106 valence electrons. The fourth-order valence-electron chi connectivity index (χ4n) is 1.35. The molecule has 0 spiro atoms. The number of aromatic nitrogens is 2. The van der Waals surface area contributed by atoms with E-state index in [0.717, 1.165) is 4.68 Å². The van der Waals surface area contributed by atoms with Crippen LogP contribution in [0.15, 0.2) is 11.0 Å². The van der Waals surface area contributed by atoms with E-state index in [1.807, 2.05) is 13.8 Å². The molecule has 0 aromatic carbocycles. The number of nitrogens with zero attached hydrogens (tertiary/aromatic N) is 2. The number of hydrogen-bond acceptors (Lipinski definition) is 4. The number of rotatable bonds is 6. The molecule has 0 unspecified atom stereocenters. The Morgan fingerprint density at radius 1 is 1.53 bits per heavy atom. The second-order valence-electron chi connectivity index (χ2n) is 4.68. The monoisotopic (exact) mass is 286 g/mol. The van der Waals surface area contributed by atoms with Gasteiger partial charge in [-0.1, -0.05) is 25.4 Å². The molecular formula is C12H19ClN4O2. The van der Waals surface area contributed by atoms with Gasteiger partial charge in [0.1, 0.15) is 5.02 Å². The minimum Gasteiger partial charge on any atom is -0.382 e. The lowest BCUT2D eigenvalue weighted by atomic mass is 10.2. The second-order valence-corrected chi connectivity index (χ2v) is 5.05. The molecule has 1 aromatic rings. The van der Waals surface area contributed by atoms with Crippen LogP contribution in [-0.4, -0.2) is 28.8 Å². The fraction of sp³-hybridized carbons (Fsp3) is 0.583. The van der Waals surface area contributed by atoms with Crippen LogP contribution >= 0.6 is 11.6 Å². The predicted octanol–water partition coefficient (Wildman–Crippen LogP) is 1.01. The Bertz CT molecular complexity index is 499. The van der Waals surface area contributed by atoms with E-state index in [2.05, 4.69) is 15.7 Å². The molecular weight excluding hydrogens is 268 g/mol. The van der Waals surface area contributed by atoms with Gasteiger partial charge >= 0.3 is 0 Å². The zero-order valence-electron chi connectivity index (χ0n) is 11.4. The average Bonchev–Trinajstić information content (AvgIpc) is 2.36. The van der Waals surface area contributed by atoms with Crippen molar-refractivity contribution in [2.75, 3.05) is 18.4 Å². The van der Waals surface area contributed by atoms with E-state index >= 15 is 0 Å². The molecule has 0 fully saturated rings. The molecule has 1 rings (SSSR count). The van der Waals surface area contributed by atoms with Gasteiger partial charge in [-0.3, -0.25) is 9.59 Å². The number of halogens is 1. The molecule has 0 aliphatic heterocycles. The quantitative estimate of drug-likeness (QED) is 0.818. The maximum Gasteiger partial charge on any atom is 0.287 e. The highest BCUT2D eigenvalue weighted by Crippen LogP contribution is 2.14. The summed E-state index contributed by atoms with van der Waals surface area (Å²) in [7, 11) is 1.53. The summed E-state index contributed by atoms with van der Waals surface area (Å²) in [5, 5.41) is 9.68. The molecule has 1 amide bonds. The van der Waals surface area contributed by atoms with Crippen LogP contribution in [0.2, 0.25) is 5.02 Å². The van der Waals surface area contributed by atoms with Gasteiger partial charge in [0.15, 0.2) is 0 Å². The predicted molar refractivity (Wildman–Crippen MR) is 75.4 cm³/mol. The minimum atomic E-state index is -0.365. The third kappa shape index (κ3) is 4.90. The van der Waals surface area contributed by atoms with E-state index in [1.54, 1.807) is 0 Å². The molecule has 0 saturated heterocycles. The molecule has 0 aliphatic carbocycles. The Labute approximate surface area is 117 Å². The van der Waals surface area contributed by atoms with Crippen molar-refractivity contribution in [2.45, 2.75) is 20.3 Å². The van der Waals surface area contributed by atoms with Gasteiger partial charge in [-0.15, -0.1) is 0 Å². The van der Waals surface area contributed by atoms with Gasteiger partial charge in [-0.05, 0) is 5.92 Å². The number of carbonyl (C=O) groups is 1. The number of aryl methyl sites for hydroxylation is 1. The van der Waals surface area contributed by atoms with Crippen LogP contribution < -0.4 is 16.2 Å². The standard InChI is InChI=1S/C12H19ClN4O2/c1-8(2)6-15-10(18)4-5-14-9-7-16-17(3)12(19)11(9)13/h7-8,14H,4-6H2,1-3H3,(H,15,18). The van der Waals surface area contributed by atoms with Gasteiger partial charge in [0.2, 0.25) is 5.91 Å². The summed E-state index contributed by atoms with van der Waals surface area (Å²) in [5.74, 6) is 0.391. The number of anilines is 1. The van der Waals surface area contributed by atoms with Crippen molar-refractivity contribution in [1.29, 1.82) is 0 Å². The molecule has 1 heterocycles. The zero-order chi connectivity index (χ0) is 14.4. The first-order valence-electron chi connectivity index (χ1n) is 6.14. The van der Waals surface area contributed by atoms with E-state index in [0.29, 0.717) is 31.1 Å². The summed E-state index contributed by atoms with van der Waals surface area (Å²) in [4.78, 5) is 23.0. The van der Waals surface area contributed by atoms with Crippen molar-refractivity contribution < 1.29 is 4.79 Å². The Kier molecular flexibility index (Phi) is 5.82. The third-order valence-corrected chi connectivity index (χ3v) is 2.82. The normalized spacial score (nSPS) is 10.6. The topological polar surface area (TPSA) is 76.0 Å². The van der Waals surface area contributed by atoms with Crippen molar-refractivity contribution in [3.8, 4) is 0 Å². The Hall–Kier alpha value is -1.56. The first-order valence-corrected chi connectivity index (χ1v) is 6.52. The van der Waals surface area contributed by atoms with Gasteiger partial charge in [0, 0.05) is 26.6 Å². The van der Waals surface area contributed by atoms with Crippen LogP contribution in [-0.2, 0) is 11.8 Å². The smallest absolute Gasteiger partial charge is 0.287 e. The Morgan fingerprint density at radius 2 is 2.21 bits per heavy atom. The summed E-state index contributed by atoms with van der Waals surface area (Å²) >= 11 is 5.88. The highest BCUT2D eigenvalue weighted by atomic mass is 35.5. The molecule has 19 heavy (non-hydrogen) atoms. The van der Waals surface area contributed by atoms with Crippen molar-refractivity contribution in [1.82, 2.24) is 15.1 Å². The Morgan fingerprint density at radius 3 is 2.84 bits per heavy atom. The van der Waals surface area contributed by atoms with Crippen molar-refractivity contribution in [2.24, 2.45) is 13.0 Å². The molecule has 1 aromatic heterocycles. The van der Waals surface area contributed by atoms with Crippen LogP contribution in [0.4, 0.5) is 5.69 Å². The van der Waals surface area contributed by atoms with Gasteiger partial charge < -0.3 is 10.6 Å². The van der Waals surface area contributed by atoms with E-state index in [9.17, 15) is 9.59 Å². The van der Waals surface area contributed by atoms with Crippen molar-refractivity contribution in [3.63, 3.8) is 0 Å². The first kappa shape index (κ1) is 15.5. The number of hydrogen-bond donors (Lipinski definition) is 2. The maximum atomic E-state index is 11.5. The van der Waals surface area contributed by atoms with Crippen LogP contribution in [0.3, 0.4) is 0 Å². The molecule has 2 N–H and O–H groups in total. The van der Waals surface area contributed by atoms with Crippen LogP contribution in [0.5, 0.6) is 0 Å². The SMILES string of the molecule is CC(C)CNC(=O)CCNc1cnn(C)c(=O)c1Cl. The minimum absolute atomic E-state index is 0.0332. The van der Waals surface area contributed by atoms with Gasteiger partial charge in [-0.25, -0.2) is 4.68 Å². The van der Waals surface area contributed by atoms with Gasteiger partial charge in [0.05, 0.1) is 11.9 Å². The lowest BCUT2D eigenvalue weighted by Gasteiger charge is -2.10. The van der Waals surface area contributed by atoms with E-state index in [1.165, 1.54) is 13.2 Å². The number of carbonyl (C=O) groups excluding carboxylic acids is 1. The summed E-state index contributed by atoms with van der Waals surface area (Å²) in [6.45, 7) is 5.12. The molecule has 0 bridgehead atoms. The highest BCUT2D eigenvalue weighted by Gasteiger charge is 2.07. The van der Waals surface area contributed by atoms with Gasteiger partial charge in [0.25, 0.3) is 5.56 Å². The second kappa shape index (κ2) is 7.13. The summed E-state index contributed by atoms with van der Waals surface area (Å²) < 4.78 is 1.16. The van der Waals surface area contributed by atoms with E-state index in [-0.39, 0.29) is 16.5 Å². The summed E-state index contributed by atoms with van der Waals surface area (Å²) in [6, 6.07) is 0. The zero-order valence-corrected chi connectivity index (χ0v) is 12.1. The van der Waals surface area contributed by atoms with Crippen LogP contribution in [0.25, 0.3) is 0 Å². The lowest BCUT2D eigenvalue weighted by Crippen LogP contribution is -2.29. The molecule has 0 saturated carbocycles. The van der Waals surface area contributed by atoms with Crippen LogP contribution in [0, 0.1) is 5.92 Å². The molecule has 0 aliphatic rings. The van der Waals surface area contributed by atoms with E-state index < -0.39 is 0 Å². The maximum absolute atomic E-state index is 11.5. The van der Waals surface area contributed by atoms with Crippen LogP contribution in [0.1, 0.15) is 20.3 Å². The van der Waals surface area contributed by atoms with Crippen molar-refractivity contribution in [3.05, 3.63) is 21.6 Å².